The summed E-state index contributed by atoms with van der Waals surface area (Å²) in [5, 5.41) is 14.9. The predicted molar refractivity (Wildman–Crippen MR) is 82.6 cm³/mol. The molecule has 2 rings (SSSR count). The number of tetrazole rings is 1. The zero-order valence-corrected chi connectivity index (χ0v) is 13.4. The SMILES string of the molecule is CCNC(=O)[C@H](C)Sc1nnnn1-c1ccc(C)c(C)c1. The lowest BCUT2D eigenvalue weighted by molar-refractivity contribution is -0.120. The molecule has 0 aliphatic heterocycles. The fourth-order valence-electron chi connectivity index (χ4n) is 1.80. The van der Waals surface area contributed by atoms with Crippen molar-refractivity contribution in [3.05, 3.63) is 29.3 Å². The van der Waals surface area contributed by atoms with Crippen LogP contribution < -0.4 is 5.32 Å². The third-order valence-electron chi connectivity index (χ3n) is 3.18. The van der Waals surface area contributed by atoms with E-state index in [9.17, 15) is 4.79 Å². The predicted octanol–water partition coefficient (Wildman–Crippen LogP) is 1.90. The monoisotopic (exact) mass is 305 g/mol. The number of rotatable bonds is 5. The molecule has 1 aromatic carbocycles. The normalized spacial score (nSPS) is 12.2. The molecule has 112 valence electrons. The van der Waals surface area contributed by atoms with E-state index < -0.39 is 0 Å². The van der Waals surface area contributed by atoms with Crippen LogP contribution in [-0.2, 0) is 4.79 Å². The van der Waals surface area contributed by atoms with Crippen molar-refractivity contribution >= 4 is 17.7 Å². The van der Waals surface area contributed by atoms with Crippen LogP contribution in [0.15, 0.2) is 23.4 Å². The quantitative estimate of drug-likeness (QED) is 0.854. The van der Waals surface area contributed by atoms with Gasteiger partial charge in [0, 0.05) is 6.54 Å². The molecule has 0 aliphatic carbocycles. The van der Waals surface area contributed by atoms with Gasteiger partial charge in [-0.15, -0.1) is 5.10 Å². The lowest BCUT2D eigenvalue weighted by atomic mass is 10.1. The first-order valence-corrected chi connectivity index (χ1v) is 7.71. The molecule has 1 aromatic heterocycles. The highest BCUT2D eigenvalue weighted by molar-refractivity contribution is 8.00. The van der Waals surface area contributed by atoms with Gasteiger partial charge in [-0.3, -0.25) is 4.79 Å². The molecule has 0 saturated carbocycles. The summed E-state index contributed by atoms with van der Waals surface area (Å²) in [7, 11) is 0. The molecule has 21 heavy (non-hydrogen) atoms. The molecule has 1 heterocycles. The van der Waals surface area contributed by atoms with E-state index in [1.54, 1.807) is 4.68 Å². The highest BCUT2D eigenvalue weighted by Crippen LogP contribution is 2.23. The van der Waals surface area contributed by atoms with Gasteiger partial charge in [-0.25, -0.2) is 0 Å². The van der Waals surface area contributed by atoms with E-state index in [1.165, 1.54) is 22.9 Å². The minimum absolute atomic E-state index is 0.0165. The number of carbonyl (C=O) groups excluding carboxylic acids is 1. The van der Waals surface area contributed by atoms with Crippen molar-refractivity contribution in [3.8, 4) is 5.69 Å². The van der Waals surface area contributed by atoms with Gasteiger partial charge in [-0.2, -0.15) is 4.68 Å². The summed E-state index contributed by atoms with van der Waals surface area (Å²) in [4.78, 5) is 11.8. The van der Waals surface area contributed by atoms with Crippen LogP contribution in [0.25, 0.3) is 5.69 Å². The topological polar surface area (TPSA) is 72.7 Å². The Kier molecular flexibility index (Phi) is 4.95. The summed E-state index contributed by atoms with van der Waals surface area (Å²) in [6, 6.07) is 6.04. The van der Waals surface area contributed by atoms with Gasteiger partial charge in [0.05, 0.1) is 10.9 Å². The van der Waals surface area contributed by atoms with Crippen LogP contribution in [0, 0.1) is 13.8 Å². The number of hydrogen-bond donors (Lipinski definition) is 1. The Bertz CT molecular complexity index is 640. The van der Waals surface area contributed by atoms with E-state index in [1.807, 2.05) is 39.0 Å². The molecule has 0 unspecified atom stereocenters. The number of amides is 1. The van der Waals surface area contributed by atoms with Gasteiger partial charge < -0.3 is 5.32 Å². The largest absolute Gasteiger partial charge is 0.355 e. The van der Waals surface area contributed by atoms with Crippen LogP contribution in [0.3, 0.4) is 0 Å². The van der Waals surface area contributed by atoms with Gasteiger partial charge in [-0.05, 0) is 61.4 Å². The van der Waals surface area contributed by atoms with Gasteiger partial charge >= 0.3 is 0 Å². The Balaban J connectivity index is 2.22. The number of aromatic nitrogens is 4. The van der Waals surface area contributed by atoms with Crippen LogP contribution in [0.2, 0.25) is 0 Å². The summed E-state index contributed by atoms with van der Waals surface area (Å²) in [5.41, 5.74) is 3.29. The van der Waals surface area contributed by atoms with E-state index >= 15 is 0 Å². The van der Waals surface area contributed by atoms with E-state index in [0.717, 1.165) is 5.69 Å². The van der Waals surface area contributed by atoms with Gasteiger partial charge in [0.2, 0.25) is 11.1 Å². The van der Waals surface area contributed by atoms with Crippen LogP contribution in [0.4, 0.5) is 0 Å². The van der Waals surface area contributed by atoms with Crippen molar-refractivity contribution in [1.82, 2.24) is 25.5 Å². The first-order chi connectivity index (χ1) is 10.0. The van der Waals surface area contributed by atoms with Crippen molar-refractivity contribution < 1.29 is 4.79 Å². The molecule has 1 atom stereocenters. The Labute approximate surface area is 128 Å². The van der Waals surface area contributed by atoms with Crippen molar-refractivity contribution in [2.45, 2.75) is 38.1 Å². The Morgan fingerprint density at radius 1 is 1.38 bits per heavy atom. The lowest BCUT2D eigenvalue weighted by Gasteiger charge is -2.11. The summed E-state index contributed by atoms with van der Waals surface area (Å²) < 4.78 is 1.66. The smallest absolute Gasteiger partial charge is 0.233 e. The molecule has 0 fully saturated rings. The van der Waals surface area contributed by atoms with Crippen molar-refractivity contribution in [2.24, 2.45) is 0 Å². The van der Waals surface area contributed by atoms with Gasteiger partial charge in [0.25, 0.3) is 0 Å². The van der Waals surface area contributed by atoms with Crippen LogP contribution in [-0.4, -0.2) is 37.9 Å². The maximum atomic E-state index is 11.8. The van der Waals surface area contributed by atoms with E-state index in [2.05, 4.69) is 27.8 Å². The highest BCUT2D eigenvalue weighted by Gasteiger charge is 2.18. The van der Waals surface area contributed by atoms with E-state index in [0.29, 0.717) is 11.7 Å². The minimum Gasteiger partial charge on any atom is -0.355 e. The molecule has 0 aliphatic rings. The molecule has 2 aromatic rings. The van der Waals surface area contributed by atoms with Gasteiger partial charge in [-0.1, -0.05) is 17.8 Å². The summed E-state index contributed by atoms with van der Waals surface area (Å²) in [6.45, 7) is 8.47. The second kappa shape index (κ2) is 6.71. The Morgan fingerprint density at radius 2 is 2.14 bits per heavy atom. The molecule has 1 N–H and O–H groups in total. The zero-order chi connectivity index (χ0) is 15.4. The molecule has 0 saturated heterocycles. The maximum Gasteiger partial charge on any atom is 0.233 e. The number of nitrogens with zero attached hydrogens (tertiary/aromatic N) is 4. The zero-order valence-electron chi connectivity index (χ0n) is 12.6. The maximum absolute atomic E-state index is 11.8. The Hall–Kier alpha value is -1.89. The number of carbonyl (C=O) groups is 1. The standard InChI is InChI=1S/C14H19N5OS/c1-5-15-13(20)11(4)21-14-16-17-18-19(14)12-7-6-9(2)10(3)8-12/h6-8,11H,5H2,1-4H3,(H,15,20)/t11-/m0/s1. The van der Waals surface area contributed by atoms with Crippen LogP contribution in [0.1, 0.15) is 25.0 Å². The van der Waals surface area contributed by atoms with E-state index in [-0.39, 0.29) is 11.2 Å². The lowest BCUT2D eigenvalue weighted by Crippen LogP contribution is -2.30. The number of nitrogens with one attached hydrogen (secondary N) is 1. The second-order valence-corrected chi connectivity index (χ2v) is 6.10. The molecular formula is C14H19N5OS. The fraction of sp³-hybridized carbons (Fsp3) is 0.429. The minimum atomic E-state index is -0.249. The van der Waals surface area contributed by atoms with Crippen molar-refractivity contribution in [2.75, 3.05) is 6.54 Å². The average molecular weight is 305 g/mol. The highest BCUT2D eigenvalue weighted by atomic mass is 32.2. The van der Waals surface area contributed by atoms with Crippen LogP contribution in [0.5, 0.6) is 0 Å². The first-order valence-electron chi connectivity index (χ1n) is 6.83. The van der Waals surface area contributed by atoms with Crippen molar-refractivity contribution in [1.29, 1.82) is 0 Å². The number of benzene rings is 1. The molecule has 1 amide bonds. The van der Waals surface area contributed by atoms with E-state index in [4.69, 9.17) is 0 Å². The molecule has 0 spiro atoms. The first kappa shape index (κ1) is 15.5. The van der Waals surface area contributed by atoms with Gasteiger partial charge in [0.1, 0.15) is 0 Å². The average Bonchev–Trinajstić information content (AvgIpc) is 2.90. The van der Waals surface area contributed by atoms with Crippen molar-refractivity contribution in [3.63, 3.8) is 0 Å². The fourth-order valence-corrected chi connectivity index (χ4v) is 2.63. The Morgan fingerprint density at radius 3 is 2.81 bits per heavy atom. The van der Waals surface area contributed by atoms with Crippen LogP contribution >= 0.6 is 11.8 Å². The molecule has 0 bridgehead atoms. The third kappa shape index (κ3) is 3.60. The number of thioether (sulfide) groups is 1. The molecular weight excluding hydrogens is 286 g/mol. The second-order valence-electron chi connectivity index (χ2n) is 4.80. The van der Waals surface area contributed by atoms with Gasteiger partial charge in [0.15, 0.2) is 0 Å². The number of hydrogen-bond acceptors (Lipinski definition) is 5. The summed E-state index contributed by atoms with van der Waals surface area (Å²) in [5.74, 6) is -0.0165. The number of aryl methyl sites for hydroxylation is 2. The third-order valence-corrected chi connectivity index (χ3v) is 4.21. The summed E-state index contributed by atoms with van der Waals surface area (Å²) in [6.07, 6.45) is 0. The molecule has 6 nitrogen and oxygen atoms in total. The summed E-state index contributed by atoms with van der Waals surface area (Å²) >= 11 is 1.34. The molecule has 0 radical (unpaired) electrons. The molecule has 7 heteroatoms.